The Labute approximate surface area is 149 Å². The van der Waals surface area contributed by atoms with E-state index < -0.39 is 0 Å². The summed E-state index contributed by atoms with van der Waals surface area (Å²) in [6, 6.07) is 9.92. The Kier molecular flexibility index (Phi) is 5.31. The van der Waals surface area contributed by atoms with Crippen LogP contribution in [0.2, 0.25) is 0 Å². The van der Waals surface area contributed by atoms with Crippen molar-refractivity contribution in [2.24, 2.45) is 5.92 Å². The van der Waals surface area contributed by atoms with Crippen LogP contribution < -0.4 is 5.32 Å². The Hall–Kier alpha value is -2.43. The van der Waals surface area contributed by atoms with Crippen molar-refractivity contribution < 1.29 is 4.79 Å². The van der Waals surface area contributed by atoms with Crippen LogP contribution in [0.3, 0.4) is 0 Å². The summed E-state index contributed by atoms with van der Waals surface area (Å²) in [5, 5.41) is 3.35. The molecule has 0 bridgehead atoms. The van der Waals surface area contributed by atoms with Crippen LogP contribution in [0.1, 0.15) is 48.6 Å². The number of aryl methyl sites for hydroxylation is 2. The molecular formula is C20H26N4O. The number of nitrogens with zero attached hydrogens (tertiary/aromatic N) is 3. The molecule has 1 unspecified atom stereocenters. The lowest BCUT2D eigenvalue weighted by atomic mass is 10.00. The number of likely N-dealkylation sites (tertiary alicyclic amines) is 1. The van der Waals surface area contributed by atoms with Crippen molar-refractivity contribution >= 4 is 17.4 Å². The highest BCUT2D eigenvalue weighted by Gasteiger charge is 2.23. The largest absolute Gasteiger partial charge is 0.340 e. The van der Waals surface area contributed by atoms with Gasteiger partial charge in [-0.05, 0) is 43.7 Å². The number of carbonyl (C=O) groups excluding carboxylic acids is 1. The van der Waals surface area contributed by atoms with Gasteiger partial charge in [0.25, 0.3) is 5.91 Å². The first-order chi connectivity index (χ1) is 12.1. The lowest BCUT2D eigenvalue weighted by molar-refractivity contribution is 0.0676. The zero-order chi connectivity index (χ0) is 17.8. The topological polar surface area (TPSA) is 58.1 Å². The third kappa shape index (κ3) is 4.16. The normalized spacial score (nSPS) is 17.4. The molecule has 0 radical (unpaired) electrons. The monoisotopic (exact) mass is 338 g/mol. The van der Waals surface area contributed by atoms with Crippen LogP contribution >= 0.6 is 0 Å². The van der Waals surface area contributed by atoms with Gasteiger partial charge in [-0.3, -0.25) is 4.79 Å². The van der Waals surface area contributed by atoms with Crippen molar-refractivity contribution in [2.45, 2.75) is 40.0 Å². The van der Waals surface area contributed by atoms with E-state index in [4.69, 9.17) is 0 Å². The highest BCUT2D eigenvalue weighted by molar-refractivity contribution is 5.93. The Bertz CT molecular complexity index is 759. The van der Waals surface area contributed by atoms with Crippen molar-refractivity contribution in [1.82, 2.24) is 14.9 Å². The number of benzene rings is 1. The maximum atomic E-state index is 12.8. The van der Waals surface area contributed by atoms with Crippen molar-refractivity contribution in [3.63, 3.8) is 0 Å². The SMILES string of the molecule is CCc1ccccc1Nc1cc(C(=O)N2CCCC(C)C2)nc(C)n1. The number of rotatable bonds is 4. The predicted molar refractivity (Wildman–Crippen MR) is 100 cm³/mol. The summed E-state index contributed by atoms with van der Waals surface area (Å²) in [6.07, 6.45) is 3.18. The van der Waals surface area contributed by atoms with Gasteiger partial charge in [0.05, 0.1) is 0 Å². The molecule has 0 aliphatic carbocycles. The highest BCUT2D eigenvalue weighted by atomic mass is 16.2. The summed E-state index contributed by atoms with van der Waals surface area (Å²) in [5.74, 6) is 1.83. The summed E-state index contributed by atoms with van der Waals surface area (Å²) in [5.41, 5.74) is 2.71. The van der Waals surface area contributed by atoms with Gasteiger partial charge in [-0.25, -0.2) is 9.97 Å². The molecule has 2 heterocycles. The van der Waals surface area contributed by atoms with Crippen LogP contribution in [-0.2, 0) is 6.42 Å². The van der Waals surface area contributed by atoms with Crippen molar-refractivity contribution in [3.8, 4) is 0 Å². The Morgan fingerprint density at radius 2 is 2.12 bits per heavy atom. The molecule has 0 saturated carbocycles. The highest BCUT2D eigenvalue weighted by Crippen LogP contribution is 2.22. The van der Waals surface area contributed by atoms with Crippen LogP contribution in [0, 0.1) is 12.8 Å². The third-order valence-electron chi connectivity index (χ3n) is 4.66. The van der Waals surface area contributed by atoms with Crippen LogP contribution in [0.4, 0.5) is 11.5 Å². The minimum absolute atomic E-state index is 0.00359. The lowest BCUT2D eigenvalue weighted by Crippen LogP contribution is -2.39. The average Bonchev–Trinajstić information content (AvgIpc) is 2.61. The zero-order valence-corrected chi connectivity index (χ0v) is 15.2. The minimum atomic E-state index is 0.00359. The van der Waals surface area contributed by atoms with Crippen LogP contribution in [0.5, 0.6) is 0 Å². The van der Waals surface area contributed by atoms with Crippen LogP contribution in [0.15, 0.2) is 30.3 Å². The van der Waals surface area contributed by atoms with Crippen LogP contribution in [0.25, 0.3) is 0 Å². The Balaban J connectivity index is 1.84. The third-order valence-corrected chi connectivity index (χ3v) is 4.66. The first kappa shape index (κ1) is 17.4. The molecule has 1 aliphatic heterocycles. The fraction of sp³-hybridized carbons (Fsp3) is 0.450. The Morgan fingerprint density at radius 3 is 2.88 bits per heavy atom. The molecule has 5 heteroatoms. The number of carbonyl (C=O) groups is 1. The first-order valence-corrected chi connectivity index (χ1v) is 9.06. The van der Waals surface area contributed by atoms with E-state index in [1.54, 1.807) is 6.07 Å². The summed E-state index contributed by atoms with van der Waals surface area (Å²) in [4.78, 5) is 23.6. The maximum Gasteiger partial charge on any atom is 0.272 e. The first-order valence-electron chi connectivity index (χ1n) is 9.06. The van der Waals surface area contributed by atoms with E-state index in [1.807, 2.05) is 30.0 Å². The predicted octanol–water partition coefficient (Wildman–Crippen LogP) is 3.96. The molecule has 1 aromatic heterocycles. The number of anilines is 2. The van der Waals surface area contributed by atoms with Gasteiger partial charge in [-0.2, -0.15) is 0 Å². The summed E-state index contributed by atoms with van der Waals surface area (Å²) in [6.45, 7) is 7.76. The second-order valence-electron chi connectivity index (χ2n) is 6.82. The molecule has 5 nitrogen and oxygen atoms in total. The smallest absolute Gasteiger partial charge is 0.272 e. The fourth-order valence-electron chi connectivity index (χ4n) is 3.37. The molecule has 1 aromatic carbocycles. The fourth-order valence-corrected chi connectivity index (χ4v) is 3.37. The second kappa shape index (κ2) is 7.64. The molecule has 0 spiro atoms. The van der Waals surface area contributed by atoms with Gasteiger partial charge in [-0.15, -0.1) is 0 Å². The van der Waals surface area contributed by atoms with Gasteiger partial charge in [0.2, 0.25) is 0 Å². The second-order valence-corrected chi connectivity index (χ2v) is 6.82. The van der Waals surface area contributed by atoms with Gasteiger partial charge in [0.1, 0.15) is 17.3 Å². The maximum absolute atomic E-state index is 12.8. The van der Waals surface area contributed by atoms with E-state index in [-0.39, 0.29) is 5.91 Å². The molecule has 1 saturated heterocycles. The summed E-state index contributed by atoms with van der Waals surface area (Å²) < 4.78 is 0. The van der Waals surface area contributed by atoms with E-state index in [9.17, 15) is 4.79 Å². The molecule has 2 aromatic rings. The van der Waals surface area contributed by atoms with Crippen molar-refractivity contribution in [3.05, 3.63) is 47.4 Å². The lowest BCUT2D eigenvalue weighted by Gasteiger charge is -2.30. The number of nitrogens with one attached hydrogen (secondary N) is 1. The van der Waals surface area contributed by atoms with Crippen molar-refractivity contribution in [2.75, 3.05) is 18.4 Å². The molecule has 132 valence electrons. The number of aromatic nitrogens is 2. The van der Waals surface area contributed by atoms with E-state index >= 15 is 0 Å². The quantitative estimate of drug-likeness (QED) is 0.916. The van der Waals surface area contributed by atoms with Gasteiger partial charge < -0.3 is 10.2 Å². The average molecular weight is 338 g/mol. The van der Waals surface area contributed by atoms with Gasteiger partial charge in [0.15, 0.2) is 0 Å². The molecule has 1 atom stereocenters. The molecule has 1 N–H and O–H groups in total. The molecule has 1 aliphatic rings. The molecule has 3 rings (SSSR count). The van der Waals surface area contributed by atoms with Gasteiger partial charge in [0, 0.05) is 24.8 Å². The molecular weight excluding hydrogens is 312 g/mol. The van der Waals surface area contributed by atoms with Crippen molar-refractivity contribution in [1.29, 1.82) is 0 Å². The summed E-state index contributed by atoms with van der Waals surface area (Å²) >= 11 is 0. The number of amides is 1. The molecule has 1 amide bonds. The number of hydrogen-bond acceptors (Lipinski definition) is 4. The standard InChI is InChI=1S/C20H26N4O/c1-4-16-9-5-6-10-17(16)23-19-12-18(21-15(3)22-19)20(25)24-11-7-8-14(2)13-24/h5-6,9-10,12,14H,4,7-8,11,13H2,1-3H3,(H,21,22,23). The van der Waals surface area contributed by atoms with Gasteiger partial charge >= 0.3 is 0 Å². The number of para-hydroxylation sites is 1. The van der Waals surface area contributed by atoms with Gasteiger partial charge in [-0.1, -0.05) is 32.0 Å². The van der Waals surface area contributed by atoms with E-state index in [0.29, 0.717) is 23.3 Å². The minimum Gasteiger partial charge on any atom is -0.340 e. The molecule has 1 fully saturated rings. The Morgan fingerprint density at radius 1 is 1.32 bits per heavy atom. The summed E-state index contributed by atoms with van der Waals surface area (Å²) in [7, 11) is 0. The number of hydrogen-bond donors (Lipinski definition) is 1. The molecule has 25 heavy (non-hydrogen) atoms. The zero-order valence-electron chi connectivity index (χ0n) is 15.2. The van der Waals surface area contributed by atoms with E-state index in [0.717, 1.165) is 31.6 Å². The number of piperidine rings is 1. The van der Waals surface area contributed by atoms with E-state index in [1.165, 1.54) is 12.0 Å². The van der Waals surface area contributed by atoms with Crippen LogP contribution in [-0.4, -0.2) is 33.9 Å². The van der Waals surface area contributed by atoms with E-state index in [2.05, 4.69) is 35.2 Å².